The van der Waals surface area contributed by atoms with Crippen LogP contribution in [0.15, 0.2) is 46.0 Å². The molecule has 1 heterocycles. The maximum absolute atomic E-state index is 11.1. The number of H-pyrrole nitrogens is 2. The van der Waals surface area contributed by atoms with Crippen molar-refractivity contribution >= 4 is 5.82 Å². The van der Waals surface area contributed by atoms with Crippen LogP contribution in [0.4, 0.5) is 5.82 Å². The largest absolute Gasteiger partial charge is 0.365 e. The Kier molecular flexibility index (Phi) is 3.09. The molecule has 0 aliphatic heterocycles. The molecular formula is C12H13N3O2. The van der Waals surface area contributed by atoms with E-state index in [2.05, 4.69) is 15.3 Å². The molecule has 1 aromatic heterocycles. The molecule has 2 rings (SSSR count). The molecule has 0 amide bonds. The second-order valence-electron chi connectivity index (χ2n) is 3.78. The van der Waals surface area contributed by atoms with Gasteiger partial charge in [0.15, 0.2) is 0 Å². The molecule has 0 radical (unpaired) electrons. The summed E-state index contributed by atoms with van der Waals surface area (Å²) >= 11 is 0. The van der Waals surface area contributed by atoms with E-state index in [1.165, 1.54) is 6.07 Å². The predicted octanol–water partition coefficient (Wildman–Crippen LogP) is 1.24. The lowest BCUT2D eigenvalue weighted by molar-refractivity contribution is 0.865. The van der Waals surface area contributed by atoms with Crippen molar-refractivity contribution < 1.29 is 0 Å². The Bertz CT molecular complexity index is 573. The molecule has 17 heavy (non-hydrogen) atoms. The van der Waals surface area contributed by atoms with Gasteiger partial charge in [0, 0.05) is 12.1 Å². The van der Waals surface area contributed by atoms with E-state index >= 15 is 0 Å². The number of rotatable bonds is 3. The van der Waals surface area contributed by atoms with E-state index in [4.69, 9.17) is 0 Å². The highest BCUT2D eigenvalue weighted by molar-refractivity contribution is 5.36. The van der Waals surface area contributed by atoms with Crippen molar-refractivity contribution in [2.45, 2.75) is 13.0 Å². The minimum Gasteiger partial charge on any atom is -0.365 e. The van der Waals surface area contributed by atoms with Gasteiger partial charge in [-0.15, -0.1) is 0 Å². The molecular weight excluding hydrogens is 218 g/mol. The van der Waals surface area contributed by atoms with Crippen LogP contribution in [0, 0.1) is 0 Å². The molecule has 5 nitrogen and oxygen atoms in total. The van der Waals surface area contributed by atoms with Crippen LogP contribution >= 0.6 is 0 Å². The second-order valence-corrected chi connectivity index (χ2v) is 3.78. The average molecular weight is 231 g/mol. The van der Waals surface area contributed by atoms with Crippen molar-refractivity contribution in [1.82, 2.24) is 9.97 Å². The highest BCUT2D eigenvalue weighted by Crippen LogP contribution is 2.15. The highest BCUT2D eigenvalue weighted by Gasteiger charge is 2.05. The predicted molar refractivity (Wildman–Crippen MR) is 66.2 cm³/mol. The van der Waals surface area contributed by atoms with Gasteiger partial charge >= 0.3 is 5.69 Å². The highest BCUT2D eigenvalue weighted by atomic mass is 16.2. The first-order valence-electron chi connectivity index (χ1n) is 5.30. The topological polar surface area (TPSA) is 77.8 Å². The monoisotopic (exact) mass is 231 g/mol. The van der Waals surface area contributed by atoms with Gasteiger partial charge in [-0.1, -0.05) is 30.3 Å². The number of nitrogens with one attached hydrogen (secondary N) is 3. The molecule has 0 spiro atoms. The van der Waals surface area contributed by atoms with E-state index < -0.39 is 11.2 Å². The third kappa shape index (κ3) is 2.84. The summed E-state index contributed by atoms with van der Waals surface area (Å²) in [5.74, 6) is 0.412. The fourth-order valence-corrected chi connectivity index (χ4v) is 1.60. The van der Waals surface area contributed by atoms with Crippen LogP contribution in [0.5, 0.6) is 0 Å². The molecule has 3 N–H and O–H groups in total. The van der Waals surface area contributed by atoms with Crippen molar-refractivity contribution in [3.8, 4) is 0 Å². The van der Waals surface area contributed by atoms with E-state index in [1.54, 1.807) is 0 Å². The van der Waals surface area contributed by atoms with Crippen LogP contribution in [-0.2, 0) is 0 Å². The molecule has 1 aromatic carbocycles. The van der Waals surface area contributed by atoms with Gasteiger partial charge in [0.25, 0.3) is 5.56 Å². The van der Waals surface area contributed by atoms with E-state index in [-0.39, 0.29) is 6.04 Å². The van der Waals surface area contributed by atoms with Gasteiger partial charge in [0.05, 0.1) is 0 Å². The number of aromatic nitrogens is 2. The van der Waals surface area contributed by atoms with Gasteiger partial charge < -0.3 is 5.32 Å². The van der Waals surface area contributed by atoms with Crippen LogP contribution in [0.3, 0.4) is 0 Å². The lowest BCUT2D eigenvalue weighted by atomic mass is 10.1. The van der Waals surface area contributed by atoms with Gasteiger partial charge in [-0.05, 0) is 12.5 Å². The van der Waals surface area contributed by atoms with Crippen molar-refractivity contribution in [3.05, 3.63) is 62.8 Å². The third-order valence-corrected chi connectivity index (χ3v) is 2.43. The first-order valence-corrected chi connectivity index (χ1v) is 5.30. The molecule has 0 unspecified atom stereocenters. The van der Waals surface area contributed by atoms with Gasteiger partial charge in [0.1, 0.15) is 5.82 Å². The molecule has 5 heteroatoms. The fraction of sp³-hybridized carbons (Fsp3) is 0.167. The zero-order valence-corrected chi connectivity index (χ0v) is 9.36. The normalized spacial score (nSPS) is 12.1. The standard InChI is InChI=1S/C12H13N3O2/c1-8(9-5-3-2-4-6-9)13-10-7-11(16)15-12(17)14-10/h2-8H,1H3,(H3,13,14,15,16,17)/t8-/m1/s1. The van der Waals surface area contributed by atoms with Crippen LogP contribution < -0.4 is 16.6 Å². The first-order chi connectivity index (χ1) is 8.15. The van der Waals surface area contributed by atoms with Gasteiger partial charge in [-0.2, -0.15) is 0 Å². The molecule has 1 atom stereocenters. The molecule has 0 bridgehead atoms. The zero-order chi connectivity index (χ0) is 12.3. The van der Waals surface area contributed by atoms with Crippen molar-refractivity contribution in [1.29, 1.82) is 0 Å². The molecule has 0 saturated carbocycles. The number of anilines is 1. The van der Waals surface area contributed by atoms with E-state index in [9.17, 15) is 9.59 Å². The smallest absolute Gasteiger partial charge is 0.327 e. The molecule has 0 fully saturated rings. The van der Waals surface area contributed by atoms with Crippen LogP contribution in [0.1, 0.15) is 18.5 Å². The van der Waals surface area contributed by atoms with Crippen LogP contribution in [-0.4, -0.2) is 9.97 Å². The summed E-state index contributed by atoms with van der Waals surface area (Å²) in [6.45, 7) is 1.95. The second kappa shape index (κ2) is 4.69. The Morgan fingerprint density at radius 3 is 2.47 bits per heavy atom. The summed E-state index contributed by atoms with van der Waals surface area (Å²) in [6, 6.07) is 11.1. The van der Waals surface area contributed by atoms with Gasteiger partial charge in [0.2, 0.25) is 0 Å². The van der Waals surface area contributed by atoms with Gasteiger partial charge in [-0.25, -0.2) is 4.79 Å². The van der Waals surface area contributed by atoms with Crippen molar-refractivity contribution in [2.75, 3.05) is 5.32 Å². The van der Waals surface area contributed by atoms with Crippen LogP contribution in [0.2, 0.25) is 0 Å². The molecule has 88 valence electrons. The lowest BCUT2D eigenvalue weighted by Gasteiger charge is -2.14. The van der Waals surface area contributed by atoms with Crippen molar-refractivity contribution in [2.24, 2.45) is 0 Å². The summed E-state index contributed by atoms with van der Waals surface area (Å²) in [7, 11) is 0. The minimum atomic E-state index is -0.514. The summed E-state index contributed by atoms with van der Waals surface area (Å²) < 4.78 is 0. The Morgan fingerprint density at radius 2 is 1.82 bits per heavy atom. The maximum atomic E-state index is 11.1. The molecule has 0 saturated heterocycles. The third-order valence-electron chi connectivity index (χ3n) is 2.43. The SMILES string of the molecule is C[C@@H](Nc1cc(=O)[nH]c(=O)[nH]1)c1ccccc1. The number of aromatic amines is 2. The van der Waals surface area contributed by atoms with Crippen LogP contribution in [0.25, 0.3) is 0 Å². The molecule has 0 aliphatic rings. The Morgan fingerprint density at radius 1 is 1.12 bits per heavy atom. The summed E-state index contributed by atoms with van der Waals surface area (Å²) in [6.07, 6.45) is 0. The Labute approximate surface area is 97.5 Å². The average Bonchev–Trinajstić information content (AvgIpc) is 2.28. The number of hydrogen-bond donors (Lipinski definition) is 3. The van der Waals surface area contributed by atoms with Crippen molar-refractivity contribution in [3.63, 3.8) is 0 Å². The summed E-state index contributed by atoms with van der Waals surface area (Å²) in [5.41, 5.74) is 0.144. The quantitative estimate of drug-likeness (QED) is 0.743. The minimum absolute atomic E-state index is 0.00801. The van der Waals surface area contributed by atoms with E-state index in [1.807, 2.05) is 37.3 Å². The zero-order valence-electron chi connectivity index (χ0n) is 9.36. The lowest BCUT2D eigenvalue weighted by Crippen LogP contribution is -2.23. The molecule has 0 aliphatic carbocycles. The Hall–Kier alpha value is -2.30. The number of hydrogen-bond acceptors (Lipinski definition) is 3. The fourth-order valence-electron chi connectivity index (χ4n) is 1.60. The van der Waals surface area contributed by atoms with E-state index in [0.29, 0.717) is 5.82 Å². The molecule has 2 aromatic rings. The number of benzene rings is 1. The summed E-state index contributed by atoms with van der Waals surface area (Å²) in [5, 5.41) is 3.06. The first kappa shape index (κ1) is 11.2. The summed E-state index contributed by atoms with van der Waals surface area (Å²) in [4.78, 5) is 26.8. The van der Waals surface area contributed by atoms with E-state index in [0.717, 1.165) is 5.56 Å². The van der Waals surface area contributed by atoms with Gasteiger partial charge in [-0.3, -0.25) is 14.8 Å². The maximum Gasteiger partial charge on any atom is 0.327 e. The Balaban J connectivity index is 2.21.